The van der Waals surface area contributed by atoms with Crippen LogP contribution in [0.3, 0.4) is 0 Å². The van der Waals surface area contributed by atoms with Crippen molar-refractivity contribution in [2.75, 3.05) is 19.6 Å². The number of carbonyl (C=O) groups excluding carboxylic acids is 1. The van der Waals surface area contributed by atoms with Crippen LogP contribution in [0.2, 0.25) is 0 Å². The Balaban J connectivity index is 1.33. The van der Waals surface area contributed by atoms with Crippen molar-refractivity contribution in [1.29, 1.82) is 0 Å². The number of hydrogen-bond donors (Lipinski definition) is 2. The SMILES string of the molecule is O=C(NCCC1CCNC1)C1CC12CCc1ccccc12. The van der Waals surface area contributed by atoms with Crippen LogP contribution in [-0.4, -0.2) is 25.5 Å². The van der Waals surface area contributed by atoms with Gasteiger partial charge in [0.2, 0.25) is 5.91 Å². The summed E-state index contributed by atoms with van der Waals surface area (Å²) >= 11 is 0. The van der Waals surface area contributed by atoms with Gasteiger partial charge in [-0.2, -0.15) is 0 Å². The van der Waals surface area contributed by atoms with Crippen LogP contribution in [0.25, 0.3) is 0 Å². The average Bonchev–Trinajstić information content (AvgIpc) is 2.83. The molecule has 0 bridgehead atoms. The third kappa shape index (κ3) is 2.28. The molecule has 1 saturated carbocycles. The first kappa shape index (κ1) is 13.3. The van der Waals surface area contributed by atoms with Gasteiger partial charge < -0.3 is 10.6 Å². The second-order valence-electron chi connectivity index (χ2n) is 7.01. The number of fused-ring (bicyclic) bond motifs is 2. The van der Waals surface area contributed by atoms with Crippen molar-refractivity contribution in [2.45, 2.75) is 37.5 Å². The number of rotatable bonds is 4. The molecule has 1 amide bonds. The second kappa shape index (κ2) is 5.13. The van der Waals surface area contributed by atoms with E-state index in [1.807, 2.05) is 0 Å². The van der Waals surface area contributed by atoms with Crippen molar-refractivity contribution >= 4 is 5.91 Å². The summed E-state index contributed by atoms with van der Waals surface area (Å²) in [5.74, 6) is 1.27. The van der Waals surface area contributed by atoms with E-state index in [0.29, 0.717) is 0 Å². The first-order valence-corrected chi connectivity index (χ1v) is 8.36. The molecule has 1 aliphatic heterocycles. The normalized spacial score (nSPS) is 33.1. The Labute approximate surface area is 126 Å². The van der Waals surface area contributed by atoms with Gasteiger partial charge in [-0.05, 0) is 62.2 Å². The van der Waals surface area contributed by atoms with Crippen LogP contribution in [-0.2, 0) is 16.6 Å². The van der Waals surface area contributed by atoms with Crippen LogP contribution in [0, 0.1) is 11.8 Å². The first-order chi connectivity index (χ1) is 10.3. The lowest BCUT2D eigenvalue weighted by Gasteiger charge is -2.13. The Morgan fingerprint density at radius 2 is 2.29 bits per heavy atom. The molecule has 1 aromatic rings. The van der Waals surface area contributed by atoms with Crippen molar-refractivity contribution in [3.63, 3.8) is 0 Å². The summed E-state index contributed by atoms with van der Waals surface area (Å²) in [6.45, 7) is 3.11. The number of aryl methyl sites for hydroxylation is 1. The highest BCUT2D eigenvalue weighted by Gasteiger charge is 2.61. The fourth-order valence-electron chi connectivity index (χ4n) is 4.42. The number of amides is 1. The highest BCUT2D eigenvalue weighted by atomic mass is 16.2. The van der Waals surface area contributed by atoms with Crippen LogP contribution < -0.4 is 10.6 Å². The summed E-state index contributed by atoms with van der Waals surface area (Å²) in [6, 6.07) is 8.70. The highest BCUT2D eigenvalue weighted by Crippen LogP contribution is 2.61. The van der Waals surface area contributed by atoms with Gasteiger partial charge in [0.15, 0.2) is 0 Å². The van der Waals surface area contributed by atoms with Crippen LogP contribution in [0.1, 0.15) is 36.8 Å². The Hall–Kier alpha value is -1.35. The molecule has 3 heteroatoms. The highest BCUT2D eigenvalue weighted by molar-refractivity contribution is 5.85. The summed E-state index contributed by atoms with van der Waals surface area (Å²) < 4.78 is 0. The molecule has 1 aromatic carbocycles. The van der Waals surface area contributed by atoms with E-state index in [0.717, 1.165) is 51.2 Å². The third-order valence-corrected chi connectivity index (χ3v) is 5.80. The van der Waals surface area contributed by atoms with E-state index < -0.39 is 0 Å². The fourth-order valence-corrected chi connectivity index (χ4v) is 4.42. The molecule has 3 aliphatic rings. The Morgan fingerprint density at radius 3 is 3.14 bits per heavy atom. The lowest BCUT2D eigenvalue weighted by Crippen LogP contribution is -2.30. The maximum Gasteiger partial charge on any atom is 0.224 e. The molecular formula is C18H24N2O. The molecule has 1 spiro atoms. The molecule has 21 heavy (non-hydrogen) atoms. The Bertz CT molecular complexity index is 550. The number of carbonyl (C=O) groups is 1. The van der Waals surface area contributed by atoms with Gasteiger partial charge in [0.25, 0.3) is 0 Å². The van der Waals surface area contributed by atoms with Gasteiger partial charge in [0.1, 0.15) is 0 Å². The number of benzene rings is 1. The fraction of sp³-hybridized carbons (Fsp3) is 0.611. The minimum absolute atomic E-state index is 0.190. The van der Waals surface area contributed by atoms with Gasteiger partial charge in [-0.25, -0.2) is 0 Å². The summed E-state index contributed by atoms with van der Waals surface area (Å²) in [4.78, 5) is 12.4. The predicted octanol–water partition coefficient (Wildman–Crippen LogP) is 2.01. The van der Waals surface area contributed by atoms with Crippen molar-refractivity contribution in [1.82, 2.24) is 10.6 Å². The zero-order valence-corrected chi connectivity index (χ0v) is 12.5. The molecule has 3 nitrogen and oxygen atoms in total. The molecule has 3 atom stereocenters. The predicted molar refractivity (Wildman–Crippen MR) is 83.2 cm³/mol. The van der Waals surface area contributed by atoms with Gasteiger partial charge in [-0.3, -0.25) is 4.79 Å². The third-order valence-electron chi connectivity index (χ3n) is 5.80. The zero-order chi connectivity index (χ0) is 14.3. The number of nitrogens with one attached hydrogen (secondary N) is 2. The second-order valence-corrected chi connectivity index (χ2v) is 7.01. The molecule has 112 valence electrons. The Morgan fingerprint density at radius 1 is 1.38 bits per heavy atom. The van der Waals surface area contributed by atoms with Gasteiger partial charge in [0, 0.05) is 17.9 Å². The van der Waals surface area contributed by atoms with Crippen molar-refractivity contribution in [3.8, 4) is 0 Å². The molecule has 1 saturated heterocycles. The van der Waals surface area contributed by atoms with Crippen LogP contribution in [0.5, 0.6) is 0 Å². The van der Waals surface area contributed by atoms with Gasteiger partial charge >= 0.3 is 0 Å². The molecule has 4 rings (SSSR count). The largest absolute Gasteiger partial charge is 0.356 e. The van der Waals surface area contributed by atoms with Crippen molar-refractivity contribution in [2.24, 2.45) is 11.8 Å². The Kier molecular flexibility index (Phi) is 3.26. The molecule has 0 aromatic heterocycles. The van der Waals surface area contributed by atoms with Gasteiger partial charge in [-0.15, -0.1) is 0 Å². The summed E-state index contributed by atoms with van der Waals surface area (Å²) in [5, 5.41) is 6.57. The smallest absolute Gasteiger partial charge is 0.224 e. The lowest BCUT2D eigenvalue weighted by atomic mass is 9.95. The summed E-state index contributed by atoms with van der Waals surface area (Å²) in [7, 11) is 0. The minimum Gasteiger partial charge on any atom is -0.356 e. The van der Waals surface area contributed by atoms with Crippen molar-refractivity contribution < 1.29 is 4.79 Å². The van der Waals surface area contributed by atoms with Crippen LogP contribution >= 0.6 is 0 Å². The molecule has 2 aliphatic carbocycles. The standard InChI is InChI=1S/C18H24N2O/c21-17(20-10-7-13-6-9-19-12-13)16-11-18(16)8-5-14-3-1-2-4-15(14)18/h1-4,13,16,19H,5-12H2,(H,20,21). The van der Waals surface area contributed by atoms with Crippen LogP contribution in [0.15, 0.2) is 24.3 Å². The monoisotopic (exact) mass is 284 g/mol. The number of hydrogen-bond acceptors (Lipinski definition) is 2. The summed E-state index contributed by atoms with van der Waals surface area (Å²) in [5.41, 5.74) is 3.10. The topological polar surface area (TPSA) is 41.1 Å². The van der Waals surface area contributed by atoms with E-state index in [-0.39, 0.29) is 17.2 Å². The molecule has 1 heterocycles. The minimum atomic E-state index is 0.190. The molecule has 2 fully saturated rings. The first-order valence-electron chi connectivity index (χ1n) is 8.36. The van der Waals surface area contributed by atoms with E-state index in [4.69, 9.17) is 0 Å². The van der Waals surface area contributed by atoms with Gasteiger partial charge in [0.05, 0.1) is 0 Å². The van der Waals surface area contributed by atoms with Gasteiger partial charge in [-0.1, -0.05) is 24.3 Å². The van der Waals surface area contributed by atoms with E-state index in [2.05, 4.69) is 34.9 Å². The van der Waals surface area contributed by atoms with Crippen LogP contribution in [0.4, 0.5) is 0 Å². The van der Waals surface area contributed by atoms with E-state index >= 15 is 0 Å². The average molecular weight is 284 g/mol. The molecular weight excluding hydrogens is 260 g/mol. The van der Waals surface area contributed by atoms with E-state index in [1.165, 1.54) is 17.5 Å². The quantitative estimate of drug-likeness (QED) is 0.888. The maximum absolute atomic E-state index is 12.4. The lowest BCUT2D eigenvalue weighted by molar-refractivity contribution is -0.122. The molecule has 3 unspecified atom stereocenters. The maximum atomic E-state index is 12.4. The van der Waals surface area contributed by atoms with E-state index in [9.17, 15) is 4.79 Å². The van der Waals surface area contributed by atoms with E-state index in [1.54, 1.807) is 0 Å². The van der Waals surface area contributed by atoms with Crippen molar-refractivity contribution in [3.05, 3.63) is 35.4 Å². The molecule has 0 radical (unpaired) electrons. The molecule has 2 N–H and O–H groups in total. The zero-order valence-electron chi connectivity index (χ0n) is 12.5. The summed E-state index contributed by atoms with van der Waals surface area (Å²) in [6.07, 6.45) is 5.75.